The zero-order chi connectivity index (χ0) is 18.9. The zero-order valence-electron chi connectivity index (χ0n) is 12.9. The smallest absolute Gasteiger partial charge is 0.350 e. The second kappa shape index (κ2) is 6.72. The predicted octanol–water partition coefficient (Wildman–Crippen LogP) is 3.91. The normalized spacial score (nSPS) is 11.4. The van der Waals surface area contributed by atoms with Crippen LogP contribution in [0, 0.1) is 0 Å². The topological polar surface area (TPSA) is 74.0 Å². The van der Waals surface area contributed by atoms with Gasteiger partial charge in [0.25, 0.3) is 11.8 Å². The van der Waals surface area contributed by atoms with E-state index in [4.69, 9.17) is 11.6 Å². The van der Waals surface area contributed by atoms with Crippen LogP contribution in [0.3, 0.4) is 0 Å². The highest BCUT2D eigenvalue weighted by molar-refractivity contribution is 6.31. The summed E-state index contributed by atoms with van der Waals surface area (Å²) >= 11 is 5.87. The molecule has 134 valence electrons. The van der Waals surface area contributed by atoms with Gasteiger partial charge in [-0.2, -0.15) is 13.2 Å². The number of carbonyl (C=O) groups excluding carboxylic acids is 2. The first kappa shape index (κ1) is 17.8. The molecule has 0 atom stereocenters. The molecule has 3 aromatic rings. The van der Waals surface area contributed by atoms with Gasteiger partial charge in [-0.3, -0.25) is 20.4 Å². The maximum atomic E-state index is 12.9. The fourth-order valence-electron chi connectivity index (χ4n) is 2.40. The summed E-state index contributed by atoms with van der Waals surface area (Å²) in [5.74, 6) is -1.79. The van der Waals surface area contributed by atoms with Crippen LogP contribution in [-0.2, 0) is 6.18 Å². The number of halogens is 4. The van der Waals surface area contributed by atoms with E-state index in [1.807, 2.05) is 5.43 Å². The molecule has 3 N–H and O–H groups in total. The monoisotopic (exact) mass is 381 g/mol. The Bertz CT molecular complexity index is 998. The van der Waals surface area contributed by atoms with Crippen molar-refractivity contribution in [3.63, 3.8) is 0 Å². The van der Waals surface area contributed by atoms with E-state index in [9.17, 15) is 22.8 Å². The van der Waals surface area contributed by atoms with Gasteiger partial charge in [0, 0.05) is 15.9 Å². The van der Waals surface area contributed by atoms with E-state index in [0.717, 1.165) is 12.1 Å². The quantitative estimate of drug-likeness (QED) is 0.589. The van der Waals surface area contributed by atoms with E-state index in [2.05, 4.69) is 10.4 Å². The summed E-state index contributed by atoms with van der Waals surface area (Å²) in [5, 5.41) is 1.16. The maximum absolute atomic E-state index is 12.9. The summed E-state index contributed by atoms with van der Waals surface area (Å²) in [6, 6.07) is 10.7. The molecule has 9 heteroatoms. The molecule has 3 rings (SSSR count). The average Bonchev–Trinajstić information content (AvgIpc) is 3.01. The lowest BCUT2D eigenvalue weighted by molar-refractivity contribution is -0.137. The van der Waals surface area contributed by atoms with Crippen LogP contribution in [0.1, 0.15) is 26.4 Å². The van der Waals surface area contributed by atoms with Crippen molar-refractivity contribution in [2.45, 2.75) is 6.18 Å². The number of aromatic amines is 1. The third-order valence-corrected chi connectivity index (χ3v) is 3.83. The van der Waals surface area contributed by atoms with Crippen molar-refractivity contribution in [3.8, 4) is 0 Å². The summed E-state index contributed by atoms with van der Waals surface area (Å²) in [5.41, 5.74) is 3.14. The standard InChI is InChI=1S/C17H11ClF3N3O2/c18-10-5-6-13-9(7-10)8-14(22-13)16(26)24-23-15(25)11-3-1-2-4-12(11)17(19,20)21/h1-8,22H,(H,23,25)(H,24,26). The van der Waals surface area contributed by atoms with Gasteiger partial charge < -0.3 is 4.98 Å². The maximum Gasteiger partial charge on any atom is 0.417 e. The molecule has 0 spiro atoms. The Hall–Kier alpha value is -3.00. The number of hydrazine groups is 1. The van der Waals surface area contributed by atoms with Crippen LogP contribution in [0.25, 0.3) is 10.9 Å². The minimum Gasteiger partial charge on any atom is -0.350 e. The lowest BCUT2D eigenvalue weighted by Gasteiger charge is -2.12. The average molecular weight is 382 g/mol. The molecule has 1 aromatic heterocycles. The molecule has 1 heterocycles. The highest BCUT2D eigenvalue weighted by Gasteiger charge is 2.34. The summed E-state index contributed by atoms with van der Waals surface area (Å²) in [6.45, 7) is 0. The first-order valence-electron chi connectivity index (χ1n) is 7.31. The van der Waals surface area contributed by atoms with Crippen molar-refractivity contribution in [3.05, 3.63) is 70.4 Å². The molecular formula is C17H11ClF3N3O2. The number of benzene rings is 2. The molecule has 0 bridgehead atoms. The van der Waals surface area contributed by atoms with Crippen LogP contribution in [0.5, 0.6) is 0 Å². The van der Waals surface area contributed by atoms with Crippen LogP contribution < -0.4 is 10.9 Å². The summed E-state index contributed by atoms with van der Waals surface area (Å²) in [4.78, 5) is 26.9. The number of aromatic nitrogens is 1. The van der Waals surface area contributed by atoms with Crippen molar-refractivity contribution >= 4 is 34.3 Å². The fourth-order valence-corrected chi connectivity index (χ4v) is 2.58. The number of H-pyrrole nitrogens is 1. The largest absolute Gasteiger partial charge is 0.417 e. The zero-order valence-corrected chi connectivity index (χ0v) is 13.7. The van der Waals surface area contributed by atoms with E-state index in [-0.39, 0.29) is 5.69 Å². The third-order valence-electron chi connectivity index (χ3n) is 3.59. The molecular weight excluding hydrogens is 371 g/mol. The molecule has 0 aliphatic rings. The number of nitrogens with one attached hydrogen (secondary N) is 3. The molecule has 26 heavy (non-hydrogen) atoms. The van der Waals surface area contributed by atoms with E-state index >= 15 is 0 Å². The number of alkyl halides is 3. The molecule has 0 saturated carbocycles. The van der Waals surface area contributed by atoms with Crippen molar-refractivity contribution in [2.75, 3.05) is 0 Å². The summed E-state index contributed by atoms with van der Waals surface area (Å²) in [6.07, 6.45) is -4.69. The molecule has 0 saturated heterocycles. The van der Waals surface area contributed by atoms with Crippen LogP contribution in [0.15, 0.2) is 48.5 Å². The van der Waals surface area contributed by atoms with Crippen LogP contribution >= 0.6 is 11.6 Å². The van der Waals surface area contributed by atoms with Crippen molar-refractivity contribution in [2.24, 2.45) is 0 Å². The molecule has 0 unspecified atom stereocenters. The first-order valence-corrected chi connectivity index (χ1v) is 7.68. The molecule has 2 amide bonds. The van der Waals surface area contributed by atoms with E-state index in [1.165, 1.54) is 18.2 Å². The Labute approximate surface area is 150 Å². The first-order chi connectivity index (χ1) is 12.3. The molecule has 0 aliphatic carbocycles. The number of carbonyl (C=O) groups is 2. The van der Waals surface area contributed by atoms with Gasteiger partial charge in [0.15, 0.2) is 0 Å². The minimum absolute atomic E-state index is 0.117. The predicted molar refractivity (Wildman–Crippen MR) is 89.7 cm³/mol. The van der Waals surface area contributed by atoms with Gasteiger partial charge in [-0.1, -0.05) is 23.7 Å². The van der Waals surface area contributed by atoms with Gasteiger partial charge in [-0.15, -0.1) is 0 Å². The molecule has 2 aromatic carbocycles. The van der Waals surface area contributed by atoms with E-state index < -0.39 is 29.1 Å². The van der Waals surface area contributed by atoms with Gasteiger partial charge in [0.1, 0.15) is 5.69 Å². The molecule has 5 nitrogen and oxygen atoms in total. The van der Waals surface area contributed by atoms with Crippen molar-refractivity contribution in [1.82, 2.24) is 15.8 Å². The lowest BCUT2D eigenvalue weighted by Crippen LogP contribution is -2.42. The Balaban J connectivity index is 1.74. The number of fused-ring (bicyclic) bond motifs is 1. The van der Waals surface area contributed by atoms with Crippen LogP contribution in [0.2, 0.25) is 5.02 Å². The highest BCUT2D eigenvalue weighted by Crippen LogP contribution is 2.31. The second-order valence-corrected chi connectivity index (χ2v) is 5.80. The van der Waals surface area contributed by atoms with Crippen molar-refractivity contribution < 1.29 is 22.8 Å². The van der Waals surface area contributed by atoms with Gasteiger partial charge in [0.2, 0.25) is 0 Å². The van der Waals surface area contributed by atoms with Gasteiger partial charge in [-0.05, 0) is 36.4 Å². The highest BCUT2D eigenvalue weighted by atomic mass is 35.5. The van der Waals surface area contributed by atoms with Gasteiger partial charge in [-0.25, -0.2) is 0 Å². The number of hydrogen-bond acceptors (Lipinski definition) is 2. The Morgan fingerprint density at radius 3 is 2.38 bits per heavy atom. The Morgan fingerprint density at radius 2 is 1.65 bits per heavy atom. The molecule has 0 aliphatic heterocycles. The molecule has 0 radical (unpaired) electrons. The second-order valence-electron chi connectivity index (χ2n) is 5.37. The van der Waals surface area contributed by atoms with E-state index in [1.54, 1.807) is 18.2 Å². The SMILES string of the molecule is O=C(NNC(=O)c1ccccc1C(F)(F)F)c1cc2cc(Cl)ccc2[nH]1. The van der Waals surface area contributed by atoms with Crippen LogP contribution in [-0.4, -0.2) is 16.8 Å². The number of rotatable bonds is 2. The summed E-state index contributed by atoms with van der Waals surface area (Å²) in [7, 11) is 0. The van der Waals surface area contributed by atoms with Gasteiger partial charge in [0.05, 0.1) is 11.1 Å². The summed E-state index contributed by atoms with van der Waals surface area (Å²) < 4.78 is 38.8. The lowest BCUT2D eigenvalue weighted by atomic mass is 10.1. The third kappa shape index (κ3) is 3.65. The minimum atomic E-state index is -4.69. The van der Waals surface area contributed by atoms with Crippen molar-refractivity contribution in [1.29, 1.82) is 0 Å². The number of amides is 2. The van der Waals surface area contributed by atoms with Gasteiger partial charge >= 0.3 is 6.18 Å². The number of hydrogen-bond donors (Lipinski definition) is 3. The van der Waals surface area contributed by atoms with E-state index in [0.29, 0.717) is 15.9 Å². The fraction of sp³-hybridized carbons (Fsp3) is 0.0588. The van der Waals surface area contributed by atoms with Crippen LogP contribution in [0.4, 0.5) is 13.2 Å². The Kier molecular flexibility index (Phi) is 4.60. The molecule has 0 fully saturated rings. The Morgan fingerprint density at radius 1 is 0.962 bits per heavy atom.